The molecule has 0 aliphatic carbocycles. The molecule has 1 aromatic rings. The maximum absolute atomic E-state index is 5.74. The van der Waals surface area contributed by atoms with Crippen molar-refractivity contribution < 1.29 is 0 Å². The lowest BCUT2D eigenvalue weighted by Gasteiger charge is -2.16. The minimum absolute atomic E-state index is 0.354. The van der Waals surface area contributed by atoms with Crippen LogP contribution >= 0.6 is 11.6 Å². The van der Waals surface area contributed by atoms with E-state index in [-0.39, 0.29) is 0 Å². The molecule has 92 valence electrons. The van der Waals surface area contributed by atoms with Gasteiger partial charge in [0, 0.05) is 18.0 Å². The van der Waals surface area contributed by atoms with Crippen LogP contribution in [-0.2, 0) is 6.54 Å². The van der Waals surface area contributed by atoms with E-state index < -0.39 is 0 Å². The number of nitrogens with one attached hydrogen (secondary N) is 1. The van der Waals surface area contributed by atoms with E-state index in [1.807, 2.05) is 4.68 Å². The fourth-order valence-corrected chi connectivity index (χ4v) is 1.91. The third-order valence-corrected chi connectivity index (χ3v) is 2.85. The van der Waals surface area contributed by atoms with Crippen molar-refractivity contribution in [2.75, 3.05) is 5.88 Å². The molecule has 0 aromatic carbocycles. The molecule has 0 spiro atoms. The lowest BCUT2D eigenvalue weighted by Crippen LogP contribution is -2.30. The first-order valence-electron chi connectivity index (χ1n) is 5.86. The van der Waals surface area contributed by atoms with Gasteiger partial charge in [-0.05, 0) is 26.7 Å². The molecule has 0 aliphatic rings. The first-order chi connectivity index (χ1) is 7.69. The van der Waals surface area contributed by atoms with Crippen molar-refractivity contribution in [3.63, 3.8) is 0 Å². The maximum Gasteiger partial charge on any atom is 0.141 e. The van der Waals surface area contributed by atoms with Gasteiger partial charge in [-0.1, -0.05) is 6.92 Å². The molecule has 0 radical (unpaired) electrons. The highest BCUT2D eigenvalue weighted by Crippen LogP contribution is 2.06. The molecule has 1 aromatic heterocycles. The van der Waals surface area contributed by atoms with E-state index in [2.05, 4.69) is 36.2 Å². The lowest BCUT2D eigenvalue weighted by molar-refractivity contribution is 0.444. The van der Waals surface area contributed by atoms with E-state index >= 15 is 0 Å². The van der Waals surface area contributed by atoms with Crippen LogP contribution in [0.5, 0.6) is 0 Å². The number of hydrogen-bond acceptors (Lipinski definition) is 3. The SMILES string of the molecule is CCC(CCCl)NCc1ncnn1C(C)C. The van der Waals surface area contributed by atoms with Crippen LogP contribution in [0.1, 0.15) is 45.5 Å². The summed E-state index contributed by atoms with van der Waals surface area (Å²) in [6.45, 7) is 7.13. The van der Waals surface area contributed by atoms with Crippen LogP contribution < -0.4 is 5.32 Å². The Bertz CT molecular complexity index is 298. The van der Waals surface area contributed by atoms with Crippen LogP contribution in [0.15, 0.2) is 6.33 Å². The highest BCUT2D eigenvalue weighted by atomic mass is 35.5. The summed E-state index contributed by atoms with van der Waals surface area (Å²) in [5.41, 5.74) is 0. The molecular formula is C11H21ClN4. The third-order valence-electron chi connectivity index (χ3n) is 2.64. The van der Waals surface area contributed by atoms with Crippen LogP contribution in [0.3, 0.4) is 0 Å². The zero-order valence-electron chi connectivity index (χ0n) is 10.3. The van der Waals surface area contributed by atoms with Crippen molar-refractivity contribution in [2.45, 2.75) is 52.2 Å². The van der Waals surface area contributed by atoms with Gasteiger partial charge in [0.05, 0.1) is 6.54 Å². The molecule has 16 heavy (non-hydrogen) atoms. The number of rotatable bonds is 7. The summed E-state index contributed by atoms with van der Waals surface area (Å²) in [6.07, 6.45) is 3.69. The highest BCUT2D eigenvalue weighted by molar-refractivity contribution is 6.17. The molecule has 1 heterocycles. The normalized spacial score (nSPS) is 13.3. The second-order valence-electron chi connectivity index (χ2n) is 4.18. The average molecular weight is 245 g/mol. The van der Waals surface area contributed by atoms with E-state index in [0.717, 1.165) is 25.2 Å². The fraction of sp³-hybridized carbons (Fsp3) is 0.818. The number of halogens is 1. The third kappa shape index (κ3) is 3.76. The van der Waals surface area contributed by atoms with Crippen LogP contribution in [0.2, 0.25) is 0 Å². The van der Waals surface area contributed by atoms with E-state index in [1.54, 1.807) is 6.33 Å². The van der Waals surface area contributed by atoms with Crippen molar-refractivity contribution in [2.24, 2.45) is 0 Å². The molecule has 0 saturated carbocycles. The Labute approximate surface area is 102 Å². The van der Waals surface area contributed by atoms with Gasteiger partial charge >= 0.3 is 0 Å². The van der Waals surface area contributed by atoms with Gasteiger partial charge in [-0.25, -0.2) is 9.67 Å². The molecule has 0 amide bonds. The van der Waals surface area contributed by atoms with Crippen LogP contribution in [0, 0.1) is 0 Å². The summed E-state index contributed by atoms with van der Waals surface area (Å²) in [6, 6.07) is 0.821. The zero-order chi connectivity index (χ0) is 12.0. The second kappa shape index (κ2) is 6.86. The summed E-state index contributed by atoms with van der Waals surface area (Å²) in [5.74, 6) is 1.69. The largest absolute Gasteiger partial charge is 0.307 e. The van der Waals surface area contributed by atoms with Gasteiger partial charge in [0.1, 0.15) is 12.2 Å². The Hall–Kier alpha value is -0.610. The molecule has 1 N–H and O–H groups in total. The Morgan fingerprint density at radius 1 is 1.50 bits per heavy atom. The Balaban J connectivity index is 2.49. The predicted molar refractivity (Wildman–Crippen MR) is 66.7 cm³/mol. The van der Waals surface area contributed by atoms with E-state index in [1.165, 1.54) is 0 Å². The van der Waals surface area contributed by atoms with Crippen molar-refractivity contribution in [3.05, 3.63) is 12.2 Å². The van der Waals surface area contributed by atoms with Crippen LogP contribution in [0.25, 0.3) is 0 Å². The molecule has 0 aliphatic heterocycles. The highest BCUT2D eigenvalue weighted by Gasteiger charge is 2.10. The van der Waals surface area contributed by atoms with Crippen LogP contribution in [-0.4, -0.2) is 26.7 Å². The van der Waals surface area contributed by atoms with Gasteiger partial charge in [-0.15, -0.1) is 11.6 Å². The minimum atomic E-state index is 0.354. The van der Waals surface area contributed by atoms with Crippen molar-refractivity contribution in [1.29, 1.82) is 0 Å². The second-order valence-corrected chi connectivity index (χ2v) is 4.56. The molecule has 1 atom stereocenters. The molecule has 4 nitrogen and oxygen atoms in total. The zero-order valence-corrected chi connectivity index (χ0v) is 11.0. The summed E-state index contributed by atoms with van der Waals surface area (Å²) in [5, 5.41) is 7.67. The molecule has 0 bridgehead atoms. The first-order valence-corrected chi connectivity index (χ1v) is 6.40. The van der Waals surface area contributed by atoms with Crippen LogP contribution in [0.4, 0.5) is 0 Å². The summed E-state index contributed by atoms with van der Waals surface area (Å²) in [7, 11) is 0. The quantitative estimate of drug-likeness (QED) is 0.749. The Morgan fingerprint density at radius 3 is 2.81 bits per heavy atom. The number of aromatic nitrogens is 3. The van der Waals surface area contributed by atoms with Crippen molar-refractivity contribution >= 4 is 11.6 Å². The number of hydrogen-bond donors (Lipinski definition) is 1. The van der Waals surface area contributed by atoms with Crippen molar-refractivity contribution in [1.82, 2.24) is 20.1 Å². The standard InChI is InChI=1S/C11H21ClN4/c1-4-10(5-6-12)13-7-11-14-8-15-16(11)9(2)3/h8-10,13H,4-7H2,1-3H3. The molecule has 1 unspecified atom stereocenters. The van der Waals surface area contributed by atoms with E-state index in [4.69, 9.17) is 11.6 Å². The van der Waals surface area contributed by atoms with Gasteiger partial charge in [0.2, 0.25) is 0 Å². The smallest absolute Gasteiger partial charge is 0.141 e. The fourth-order valence-electron chi connectivity index (χ4n) is 1.65. The molecule has 0 saturated heterocycles. The number of nitrogens with zero attached hydrogens (tertiary/aromatic N) is 3. The minimum Gasteiger partial charge on any atom is -0.307 e. The topological polar surface area (TPSA) is 42.7 Å². The summed E-state index contributed by atoms with van der Waals surface area (Å²) < 4.78 is 1.94. The summed E-state index contributed by atoms with van der Waals surface area (Å²) >= 11 is 5.74. The van der Waals surface area contributed by atoms with E-state index in [0.29, 0.717) is 18.0 Å². The Morgan fingerprint density at radius 2 is 2.25 bits per heavy atom. The molecular weight excluding hydrogens is 224 g/mol. The molecule has 0 fully saturated rings. The Kier molecular flexibility index (Phi) is 5.77. The monoisotopic (exact) mass is 244 g/mol. The van der Waals surface area contributed by atoms with Gasteiger partial charge in [-0.3, -0.25) is 0 Å². The average Bonchev–Trinajstić information content (AvgIpc) is 2.72. The van der Waals surface area contributed by atoms with Gasteiger partial charge in [0.15, 0.2) is 0 Å². The number of alkyl halides is 1. The molecule has 5 heteroatoms. The maximum atomic E-state index is 5.74. The summed E-state index contributed by atoms with van der Waals surface area (Å²) in [4.78, 5) is 4.26. The van der Waals surface area contributed by atoms with E-state index in [9.17, 15) is 0 Å². The van der Waals surface area contributed by atoms with Gasteiger partial charge in [-0.2, -0.15) is 5.10 Å². The van der Waals surface area contributed by atoms with Gasteiger partial charge < -0.3 is 5.32 Å². The van der Waals surface area contributed by atoms with Gasteiger partial charge in [0.25, 0.3) is 0 Å². The predicted octanol–water partition coefficient (Wildman–Crippen LogP) is 2.36. The van der Waals surface area contributed by atoms with Crippen molar-refractivity contribution in [3.8, 4) is 0 Å². The first kappa shape index (κ1) is 13.5. The lowest BCUT2D eigenvalue weighted by atomic mass is 10.2. The molecule has 1 rings (SSSR count).